The third kappa shape index (κ3) is 3.29. The minimum Gasteiger partial charge on any atom is -0.296 e. The van der Waals surface area contributed by atoms with Crippen LogP contribution in [-0.2, 0) is 12.8 Å². The molecule has 0 amide bonds. The van der Waals surface area contributed by atoms with Crippen LogP contribution in [0.5, 0.6) is 0 Å². The van der Waals surface area contributed by atoms with Gasteiger partial charge in [-0.25, -0.2) is 0 Å². The molecule has 0 aromatic heterocycles. The summed E-state index contributed by atoms with van der Waals surface area (Å²) in [7, 11) is 2.04. The SMILES string of the molecule is CC(N(C)CC(=O)c1ccc2c(c1)CCC2)C(C)(C)C. The number of likely N-dealkylation sites (N-methyl/N-ethyl adjacent to an activating group) is 1. The van der Waals surface area contributed by atoms with Crippen molar-refractivity contribution in [3.05, 3.63) is 34.9 Å². The lowest BCUT2D eigenvalue weighted by molar-refractivity contribution is 0.0853. The Morgan fingerprint density at radius 1 is 1.25 bits per heavy atom. The van der Waals surface area contributed by atoms with Gasteiger partial charge in [0.2, 0.25) is 0 Å². The number of Topliss-reactive ketones (excluding diaryl/α,β-unsaturated/α-hetero) is 1. The van der Waals surface area contributed by atoms with Crippen LogP contribution >= 0.6 is 0 Å². The quantitative estimate of drug-likeness (QED) is 0.779. The monoisotopic (exact) mass is 273 g/mol. The van der Waals surface area contributed by atoms with E-state index in [9.17, 15) is 4.79 Å². The van der Waals surface area contributed by atoms with Gasteiger partial charge in [-0.3, -0.25) is 9.69 Å². The van der Waals surface area contributed by atoms with Crippen molar-refractivity contribution in [1.82, 2.24) is 4.90 Å². The summed E-state index contributed by atoms with van der Waals surface area (Å²) in [5.41, 5.74) is 3.87. The van der Waals surface area contributed by atoms with E-state index >= 15 is 0 Å². The summed E-state index contributed by atoms with van der Waals surface area (Å²) in [5, 5.41) is 0. The number of carbonyl (C=O) groups is 1. The van der Waals surface area contributed by atoms with Gasteiger partial charge in [-0.1, -0.05) is 32.9 Å². The third-order valence-corrected chi connectivity index (χ3v) is 4.73. The molecule has 0 bridgehead atoms. The third-order valence-electron chi connectivity index (χ3n) is 4.73. The zero-order valence-electron chi connectivity index (χ0n) is 13.5. The highest BCUT2D eigenvalue weighted by atomic mass is 16.1. The number of carbonyl (C=O) groups excluding carboxylic acids is 1. The van der Waals surface area contributed by atoms with Crippen molar-refractivity contribution in [2.45, 2.75) is 53.0 Å². The molecule has 1 unspecified atom stereocenters. The molecule has 1 aliphatic carbocycles. The van der Waals surface area contributed by atoms with E-state index in [1.54, 1.807) is 0 Å². The van der Waals surface area contributed by atoms with Gasteiger partial charge in [0.1, 0.15) is 0 Å². The highest BCUT2D eigenvalue weighted by molar-refractivity contribution is 5.97. The minimum atomic E-state index is 0.187. The minimum absolute atomic E-state index is 0.187. The summed E-state index contributed by atoms with van der Waals surface area (Å²) in [6.45, 7) is 9.34. The number of fused-ring (bicyclic) bond motifs is 1. The van der Waals surface area contributed by atoms with Gasteiger partial charge in [-0.15, -0.1) is 0 Å². The average Bonchev–Trinajstić information content (AvgIpc) is 2.83. The lowest BCUT2D eigenvalue weighted by Crippen LogP contribution is -2.41. The zero-order chi connectivity index (χ0) is 14.9. The molecule has 0 N–H and O–H groups in total. The fourth-order valence-corrected chi connectivity index (χ4v) is 2.86. The second-order valence-electron chi connectivity index (χ2n) is 7.22. The van der Waals surface area contributed by atoms with Crippen LogP contribution in [0.25, 0.3) is 0 Å². The van der Waals surface area contributed by atoms with E-state index in [2.05, 4.69) is 44.7 Å². The fourth-order valence-electron chi connectivity index (χ4n) is 2.86. The van der Waals surface area contributed by atoms with E-state index in [1.807, 2.05) is 13.1 Å². The van der Waals surface area contributed by atoms with E-state index < -0.39 is 0 Å². The molecule has 1 aromatic rings. The molecule has 0 saturated heterocycles. The Hall–Kier alpha value is -1.15. The first-order valence-electron chi connectivity index (χ1n) is 7.64. The van der Waals surface area contributed by atoms with Gasteiger partial charge in [-0.05, 0) is 55.8 Å². The first-order valence-corrected chi connectivity index (χ1v) is 7.64. The smallest absolute Gasteiger partial charge is 0.176 e. The van der Waals surface area contributed by atoms with Gasteiger partial charge in [0, 0.05) is 11.6 Å². The Labute approximate surface area is 123 Å². The number of ketones is 1. The summed E-state index contributed by atoms with van der Waals surface area (Å²) in [4.78, 5) is 14.6. The molecule has 2 nitrogen and oxygen atoms in total. The van der Waals surface area contributed by atoms with Crippen molar-refractivity contribution < 1.29 is 4.79 Å². The van der Waals surface area contributed by atoms with Crippen LogP contribution < -0.4 is 0 Å². The number of nitrogens with zero attached hydrogens (tertiary/aromatic N) is 1. The van der Waals surface area contributed by atoms with E-state index in [-0.39, 0.29) is 11.2 Å². The molecule has 1 aromatic carbocycles. The van der Waals surface area contributed by atoms with Crippen LogP contribution in [-0.4, -0.2) is 30.3 Å². The number of benzene rings is 1. The maximum Gasteiger partial charge on any atom is 0.176 e. The van der Waals surface area contributed by atoms with Crippen LogP contribution in [0.2, 0.25) is 0 Å². The highest BCUT2D eigenvalue weighted by Crippen LogP contribution is 2.25. The molecule has 20 heavy (non-hydrogen) atoms. The Morgan fingerprint density at radius 3 is 2.55 bits per heavy atom. The molecule has 0 saturated carbocycles. The largest absolute Gasteiger partial charge is 0.296 e. The predicted octanol–water partition coefficient (Wildman–Crippen LogP) is 3.72. The first-order chi connectivity index (χ1) is 9.29. The van der Waals surface area contributed by atoms with Crippen molar-refractivity contribution in [3.8, 4) is 0 Å². The van der Waals surface area contributed by atoms with E-state index in [4.69, 9.17) is 0 Å². The van der Waals surface area contributed by atoms with Crippen LogP contribution in [0, 0.1) is 5.41 Å². The molecule has 0 radical (unpaired) electrons. The van der Waals surface area contributed by atoms with E-state index in [0.717, 1.165) is 12.0 Å². The summed E-state index contributed by atoms with van der Waals surface area (Å²) >= 11 is 0. The van der Waals surface area contributed by atoms with E-state index in [1.165, 1.54) is 24.0 Å². The summed E-state index contributed by atoms with van der Waals surface area (Å²) in [6.07, 6.45) is 3.53. The van der Waals surface area contributed by atoms with Crippen LogP contribution in [0.1, 0.15) is 55.6 Å². The van der Waals surface area contributed by atoms with Gasteiger partial charge in [-0.2, -0.15) is 0 Å². The van der Waals surface area contributed by atoms with Crippen molar-refractivity contribution in [3.63, 3.8) is 0 Å². The van der Waals surface area contributed by atoms with E-state index in [0.29, 0.717) is 12.6 Å². The predicted molar refractivity (Wildman–Crippen MR) is 84.3 cm³/mol. The maximum atomic E-state index is 12.4. The number of hydrogen-bond donors (Lipinski definition) is 0. The second kappa shape index (κ2) is 5.69. The molecule has 0 spiro atoms. The molecule has 1 atom stereocenters. The highest BCUT2D eigenvalue weighted by Gasteiger charge is 2.25. The Balaban J connectivity index is 2.05. The first kappa shape index (κ1) is 15.2. The molecule has 2 rings (SSSR count). The number of rotatable bonds is 4. The lowest BCUT2D eigenvalue weighted by atomic mass is 9.87. The molecule has 0 aliphatic heterocycles. The molecular weight excluding hydrogens is 246 g/mol. The normalized spacial score (nSPS) is 16.3. The van der Waals surface area contributed by atoms with Crippen molar-refractivity contribution >= 4 is 5.78 Å². The van der Waals surface area contributed by atoms with Crippen LogP contribution in [0.15, 0.2) is 18.2 Å². The summed E-state index contributed by atoms with van der Waals surface area (Å²) in [6, 6.07) is 6.63. The molecular formula is C18H27NO. The fraction of sp³-hybridized carbons (Fsp3) is 0.611. The average molecular weight is 273 g/mol. The van der Waals surface area contributed by atoms with Crippen molar-refractivity contribution in [2.24, 2.45) is 5.41 Å². The Kier molecular flexibility index (Phi) is 4.33. The Morgan fingerprint density at radius 2 is 1.90 bits per heavy atom. The van der Waals surface area contributed by atoms with Crippen LogP contribution in [0.4, 0.5) is 0 Å². The van der Waals surface area contributed by atoms with Crippen LogP contribution in [0.3, 0.4) is 0 Å². The second-order valence-corrected chi connectivity index (χ2v) is 7.22. The van der Waals surface area contributed by atoms with Crippen molar-refractivity contribution in [2.75, 3.05) is 13.6 Å². The molecule has 2 heteroatoms. The number of aryl methyl sites for hydroxylation is 2. The van der Waals surface area contributed by atoms with Gasteiger partial charge in [0.15, 0.2) is 5.78 Å². The number of hydrogen-bond acceptors (Lipinski definition) is 2. The van der Waals surface area contributed by atoms with Gasteiger partial charge in [0.05, 0.1) is 6.54 Å². The summed E-state index contributed by atoms with van der Waals surface area (Å²) < 4.78 is 0. The van der Waals surface area contributed by atoms with Gasteiger partial charge >= 0.3 is 0 Å². The van der Waals surface area contributed by atoms with Gasteiger partial charge < -0.3 is 0 Å². The molecule has 0 heterocycles. The topological polar surface area (TPSA) is 20.3 Å². The molecule has 1 aliphatic rings. The Bertz CT molecular complexity index is 499. The maximum absolute atomic E-state index is 12.4. The zero-order valence-corrected chi connectivity index (χ0v) is 13.5. The van der Waals surface area contributed by atoms with Crippen molar-refractivity contribution in [1.29, 1.82) is 0 Å². The molecule has 0 fully saturated rings. The van der Waals surface area contributed by atoms with Gasteiger partial charge in [0.25, 0.3) is 0 Å². The lowest BCUT2D eigenvalue weighted by Gasteiger charge is -2.35. The standard InChI is InChI=1S/C18H27NO/c1-13(18(2,3)4)19(5)12-17(20)16-10-9-14-7-6-8-15(14)11-16/h9-11,13H,6-8,12H2,1-5H3. The summed E-state index contributed by atoms with van der Waals surface area (Å²) in [5.74, 6) is 0.235. The molecule has 110 valence electrons.